The van der Waals surface area contributed by atoms with Crippen LogP contribution in [0.15, 0.2) is 30.3 Å². The summed E-state index contributed by atoms with van der Waals surface area (Å²) in [5.41, 5.74) is 1.15. The molecule has 0 aromatic heterocycles. The largest absolute Gasteiger partial charge is 0.485 e. The van der Waals surface area contributed by atoms with Gasteiger partial charge in [0.25, 0.3) is 0 Å². The van der Waals surface area contributed by atoms with Crippen molar-refractivity contribution in [1.82, 2.24) is 0 Å². The lowest BCUT2D eigenvalue weighted by atomic mass is 10.1. The van der Waals surface area contributed by atoms with E-state index in [0.29, 0.717) is 0 Å². The number of fused-ring (bicyclic) bond motifs is 1. The Bertz CT molecular complexity index is 306. The molecule has 0 spiro atoms. The van der Waals surface area contributed by atoms with Gasteiger partial charge in [-0.25, -0.2) is 0 Å². The zero-order valence-electron chi connectivity index (χ0n) is 6.60. The molecule has 0 amide bonds. The Kier molecular flexibility index (Phi) is 2.09. The van der Waals surface area contributed by atoms with Gasteiger partial charge in [0.05, 0.1) is 0 Å². The molecule has 1 nitrogen and oxygen atoms in total. The molecule has 0 aliphatic carbocycles. The van der Waals surface area contributed by atoms with E-state index in [2.05, 4.69) is 18.7 Å². The molecule has 1 unspecified atom stereocenters. The standard InChI is InChI=1S/C10H10OS/c12-7-9-6-5-8-3-1-2-4-10(8)11-9/h1-6,9,12H,7H2. The van der Waals surface area contributed by atoms with Crippen LogP contribution in [0.3, 0.4) is 0 Å². The summed E-state index contributed by atoms with van der Waals surface area (Å²) in [7, 11) is 0. The van der Waals surface area contributed by atoms with Gasteiger partial charge in [0.2, 0.25) is 0 Å². The minimum absolute atomic E-state index is 0.128. The highest BCUT2D eigenvalue weighted by Gasteiger charge is 2.11. The maximum absolute atomic E-state index is 5.62. The van der Waals surface area contributed by atoms with Crippen molar-refractivity contribution in [1.29, 1.82) is 0 Å². The first kappa shape index (κ1) is 7.74. The number of hydrogen-bond acceptors (Lipinski definition) is 2. The first-order valence-electron chi connectivity index (χ1n) is 3.95. The highest BCUT2D eigenvalue weighted by molar-refractivity contribution is 7.80. The molecule has 2 rings (SSSR count). The number of benzene rings is 1. The number of ether oxygens (including phenoxy) is 1. The quantitative estimate of drug-likeness (QED) is 0.650. The van der Waals surface area contributed by atoms with Gasteiger partial charge >= 0.3 is 0 Å². The Morgan fingerprint density at radius 2 is 2.17 bits per heavy atom. The van der Waals surface area contributed by atoms with Gasteiger partial charge in [-0.1, -0.05) is 24.3 Å². The maximum Gasteiger partial charge on any atom is 0.127 e. The van der Waals surface area contributed by atoms with Gasteiger partial charge in [-0.2, -0.15) is 12.6 Å². The summed E-state index contributed by atoms with van der Waals surface area (Å²) >= 11 is 4.18. The molecule has 0 saturated carbocycles. The van der Waals surface area contributed by atoms with Crippen LogP contribution in [0.5, 0.6) is 5.75 Å². The Labute approximate surface area is 77.5 Å². The molecule has 1 heterocycles. The molecule has 1 atom stereocenters. The van der Waals surface area contributed by atoms with Crippen LogP contribution in [0, 0.1) is 0 Å². The van der Waals surface area contributed by atoms with Crippen molar-refractivity contribution in [3.05, 3.63) is 35.9 Å². The highest BCUT2D eigenvalue weighted by atomic mass is 32.1. The van der Waals surface area contributed by atoms with Gasteiger partial charge in [0.15, 0.2) is 0 Å². The Morgan fingerprint density at radius 1 is 1.33 bits per heavy atom. The first-order valence-corrected chi connectivity index (χ1v) is 4.58. The predicted octanol–water partition coefficient (Wildman–Crippen LogP) is 2.39. The minimum Gasteiger partial charge on any atom is -0.485 e. The summed E-state index contributed by atoms with van der Waals surface area (Å²) in [6, 6.07) is 8.01. The SMILES string of the molecule is SCC1C=Cc2ccccc2O1. The second kappa shape index (κ2) is 3.23. The van der Waals surface area contributed by atoms with Crippen molar-refractivity contribution >= 4 is 18.7 Å². The number of hydrogen-bond donors (Lipinski definition) is 1. The second-order valence-corrected chi connectivity index (χ2v) is 3.10. The molecule has 1 aromatic carbocycles. The van der Waals surface area contributed by atoms with Crippen molar-refractivity contribution in [3.63, 3.8) is 0 Å². The number of thiol groups is 1. The van der Waals surface area contributed by atoms with Crippen LogP contribution in [0.4, 0.5) is 0 Å². The van der Waals surface area contributed by atoms with Crippen LogP contribution in [0.1, 0.15) is 5.56 Å². The lowest BCUT2D eigenvalue weighted by Crippen LogP contribution is -2.18. The smallest absolute Gasteiger partial charge is 0.127 e. The first-order chi connectivity index (χ1) is 5.90. The zero-order chi connectivity index (χ0) is 8.39. The van der Waals surface area contributed by atoms with E-state index in [0.717, 1.165) is 17.1 Å². The summed E-state index contributed by atoms with van der Waals surface area (Å²) in [5.74, 6) is 1.68. The molecule has 0 radical (unpaired) electrons. The minimum atomic E-state index is 0.128. The molecular formula is C10H10OS. The van der Waals surface area contributed by atoms with Crippen molar-refractivity contribution in [3.8, 4) is 5.75 Å². The Hall–Kier alpha value is -0.890. The monoisotopic (exact) mass is 178 g/mol. The zero-order valence-corrected chi connectivity index (χ0v) is 7.50. The molecule has 0 fully saturated rings. The third-order valence-corrected chi connectivity index (χ3v) is 2.23. The average Bonchev–Trinajstić information content (AvgIpc) is 2.17. The van der Waals surface area contributed by atoms with E-state index >= 15 is 0 Å². The van der Waals surface area contributed by atoms with Gasteiger partial charge in [0, 0.05) is 11.3 Å². The fourth-order valence-electron chi connectivity index (χ4n) is 1.24. The van der Waals surface area contributed by atoms with Gasteiger partial charge < -0.3 is 4.74 Å². The van der Waals surface area contributed by atoms with Crippen LogP contribution < -0.4 is 4.74 Å². The van der Waals surface area contributed by atoms with Crippen molar-refractivity contribution in [2.75, 3.05) is 5.75 Å². The molecule has 0 N–H and O–H groups in total. The summed E-state index contributed by atoms with van der Waals surface area (Å²) < 4.78 is 5.62. The van der Waals surface area contributed by atoms with Crippen LogP contribution in [0.25, 0.3) is 6.08 Å². The molecule has 12 heavy (non-hydrogen) atoms. The fourth-order valence-corrected chi connectivity index (χ4v) is 1.43. The Balaban J connectivity index is 2.33. The molecule has 1 aliphatic rings. The van der Waals surface area contributed by atoms with Gasteiger partial charge in [-0.05, 0) is 12.1 Å². The van der Waals surface area contributed by atoms with E-state index in [9.17, 15) is 0 Å². The summed E-state index contributed by atoms with van der Waals surface area (Å²) in [5, 5.41) is 0. The van der Waals surface area contributed by atoms with E-state index in [1.165, 1.54) is 0 Å². The van der Waals surface area contributed by atoms with E-state index in [1.807, 2.05) is 30.3 Å². The van der Waals surface area contributed by atoms with Crippen LogP contribution in [-0.2, 0) is 0 Å². The molecule has 0 bridgehead atoms. The van der Waals surface area contributed by atoms with E-state index < -0.39 is 0 Å². The van der Waals surface area contributed by atoms with E-state index in [1.54, 1.807) is 0 Å². The fraction of sp³-hybridized carbons (Fsp3) is 0.200. The van der Waals surface area contributed by atoms with E-state index in [-0.39, 0.29) is 6.10 Å². The lowest BCUT2D eigenvalue weighted by Gasteiger charge is -2.19. The van der Waals surface area contributed by atoms with E-state index in [4.69, 9.17) is 4.74 Å². The second-order valence-electron chi connectivity index (χ2n) is 2.74. The summed E-state index contributed by atoms with van der Waals surface area (Å²) in [4.78, 5) is 0. The topological polar surface area (TPSA) is 9.23 Å². The maximum atomic E-state index is 5.62. The van der Waals surface area contributed by atoms with Crippen LogP contribution in [0.2, 0.25) is 0 Å². The highest BCUT2D eigenvalue weighted by Crippen LogP contribution is 2.25. The lowest BCUT2D eigenvalue weighted by molar-refractivity contribution is 0.271. The van der Waals surface area contributed by atoms with Crippen LogP contribution >= 0.6 is 12.6 Å². The van der Waals surface area contributed by atoms with Gasteiger partial charge in [0.1, 0.15) is 11.9 Å². The Morgan fingerprint density at radius 3 is 3.00 bits per heavy atom. The van der Waals surface area contributed by atoms with Crippen molar-refractivity contribution in [2.45, 2.75) is 6.10 Å². The van der Waals surface area contributed by atoms with Crippen molar-refractivity contribution in [2.24, 2.45) is 0 Å². The third kappa shape index (κ3) is 1.34. The van der Waals surface area contributed by atoms with Crippen LogP contribution in [-0.4, -0.2) is 11.9 Å². The summed E-state index contributed by atoms with van der Waals surface area (Å²) in [6.07, 6.45) is 4.25. The molecular weight excluding hydrogens is 168 g/mol. The number of rotatable bonds is 1. The molecule has 0 saturated heterocycles. The van der Waals surface area contributed by atoms with Gasteiger partial charge in [-0.3, -0.25) is 0 Å². The predicted molar refractivity (Wildman–Crippen MR) is 53.7 cm³/mol. The third-order valence-electron chi connectivity index (χ3n) is 1.87. The van der Waals surface area contributed by atoms with Crippen molar-refractivity contribution < 1.29 is 4.74 Å². The molecule has 2 heteroatoms. The molecule has 1 aromatic rings. The average molecular weight is 178 g/mol. The normalized spacial score (nSPS) is 19.9. The number of para-hydroxylation sites is 1. The molecule has 1 aliphatic heterocycles. The molecule has 62 valence electrons. The summed E-state index contributed by atoms with van der Waals surface area (Å²) in [6.45, 7) is 0. The van der Waals surface area contributed by atoms with Gasteiger partial charge in [-0.15, -0.1) is 0 Å².